The average Bonchev–Trinajstić information content (AvgIpc) is 2.07. The third kappa shape index (κ3) is 2.73. The van der Waals surface area contributed by atoms with Crippen LogP contribution in [0.4, 0.5) is 0 Å². The largest absolute Gasteiger partial charge is 0.379 e. The van der Waals surface area contributed by atoms with Gasteiger partial charge in [-0.25, -0.2) is 8.51 Å². The van der Waals surface area contributed by atoms with Gasteiger partial charge in [-0.1, -0.05) is 6.08 Å². The molecule has 0 spiro atoms. The first kappa shape index (κ1) is 8.90. The van der Waals surface area contributed by atoms with Crippen LogP contribution in [0.25, 0.3) is 0 Å². The number of rotatable bonds is 2. The molecule has 0 bridgehead atoms. The summed E-state index contributed by atoms with van der Waals surface area (Å²) in [4.78, 5) is 0. The lowest BCUT2D eigenvalue weighted by Crippen LogP contribution is -2.36. The number of ether oxygens (including phenoxy) is 1. The maximum atomic E-state index is 11.3. The van der Waals surface area contributed by atoms with E-state index in [0.29, 0.717) is 13.2 Å². The molecule has 0 saturated carbocycles. The average molecular weight is 175 g/mol. The summed E-state index contributed by atoms with van der Waals surface area (Å²) < 4.78 is 18.3. The standard InChI is InChI=1S/C7H13NO2S/c1-2-7-11(9)8-3-5-10-6-4-8/h2,7H,3-6H2,1H3/b7-2+. The zero-order valence-corrected chi connectivity index (χ0v) is 7.47. The van der Waals surface area contributed by atoms with E-state index in [1.807, 2.05) is 17.3 Å². The van der Waals surface area contributed by atoms with E-state index in [1.165, 1.54) is 0 Å². The fraction of sp³-hybridized carbons (Fsp3) is 0.714. The summed E-state index contributed by atoms with van der Waals surface area (Å²) in [5.41, 5.74) is 0. The van der Waals surface area contributed by atoms with E-state index >= 15 is 0 Å². The van der Waals surface area contributed by atoms with Crippen LogP contribution in [0, 0.1) is 0 Å². The molecular weight excluding hydrogens is 162 g/mol. The molecule has 0 aromatic carbocycles. The Morgan fingerprint density at radius 2 is 2.09 bits per heavy atom. The van der Waals surface area contributed by atoms with Crippen molar-refractivity contribution in [3.63, 3.8) is 0 Å². The minimum atomic E-state index is -0.934. The molecule has 0 radical (unpaired) electrons. The van der Waals surface area contributed by atoms with Crippen LogP contribution < -0.4 is 0 Å². The highest BCUT2D eigenvalue weighted by atomic mass is 32.2. The topological polar surface area (TPSA) is 29.5 Å². The minimum absolute atomic E-state index is 0.698. The lowest BCUT2D eigenvalue weighted by atomic mass is 10.5. The molecule has 0 N–H and O–H groups in total. The summed E-state index contributed by atoms with van der Waals surface area (Å²) in [6, 6.07) is 0. The summed E-state index contributed by atoms with van der Waals surface area (Å²) in [7, 11) is -0.934. The zero-order valence-electron chi connectivity index (χ0n) is 6.66. The fourth-order valence-corrected chi connectivity index (χ4v) is 1.84. The minimum Gasteiger partial charge on any atom is -0.379 e. The Kier molecular flexibility index (Phi) is 3.76. The van der Waals surface area contributed by atoms with Gasteiger partial charge in [0.25, 0.3) is 0 Å². The molecule has 1 aliphatic heterocycles. The van der Waals surface area contributed by atoms with Crippen molar-refractivity contribution in [3.05, 3.63) is 11.5 Å². The molecule has 11 heavy (non-hydrogen) atoms. The zero-order chi connectivity index (χ0) is 8.10. The SMILES string of the molecule is C/C=C/S(=O)N1CCOCC1. The lowest BCUT2D eigenvalue weighted by molar-refractivity contribution is 0.0756. The highest BCUT2D eigenvalue weighted by molar-refractivity contribution is 7.85. The van der Waals surface area contributed by atoms with Crippen LogP contribution in [0.3, 0.4) is 0 Å². The highest BCUT2D eigenvalue weighted by Crippen LogP contribution is 2.01. The van der Waals surface area contributed by atoms with Crippen molar-refractivity contribution in [2.24, 2.45) is 0 Å². The molecule has 1 atom stereocenters. The number of allylic oxidation sites excluding steroid dienone is 1. The second kappa shape index (κ2) is 4.64. The molecule has 1 heterocycles. The van der Waals surface area contributed by atoms with Gasteiger partial charge in [-0.3, -0.25) is 0 Å². The van der Waals surface area contributed by atoms with Gasteiger partial charge in [-0.2, -0.15) is 0 Å². The van der Waals surface area contributed by atoms with Gasteiger partial charge in [0.15, 0.2) is 0 Å². The van der Waals surface area contributed by atoms with Crippen LogP contribution in [-0.4, -0.2) is 34.8 Å². The van der Waals surface area contributed by atoms with Crippen LogP contribution in [0.1, 0.15) is 6.92 Å². The Balaban J connectivity index is 2.38. The maximum absolute atomic E-state index is 11.3. The Morgan fingerprint density at radius 1 is 1.45 bits per heavy atom. The second-order valence-electron chi connectivity index (χ2n) is 2.29. The van der Waals surface area contributed by atoms with Crippen LogP contribution in [0.2, 0.25) is 0 Å². The smallest absolute Gasteiger partial charge is 0.119 e. The number of hydrogen-bond acceptors (Lipinski definition) is 2. The molecule has 4 heteroatoms. The number of morpholine rings is 1. The molecule has 1 unspecified atom stereocenters. The quantitative estimate of drug-likeness (QED) is 0.612. The highest BCUT2D eigenvalue weighted by Gasteiger charge is 2.13. The Labute approximate surface area is 69.6 Å². The molecule has 1 rings (SSSR count). The molecule has 1 fully saturated rings. The Morgan fingerprint density at radius 3 is 2.64 bits per heavy atom. The third-order valence-electron chi connectivity index (χ3n) is 1.48. The molecule has 1 aliphatic rings. The van der Waals surface area contributed by atoms with Gasteiger partial charge in [0.1, 0.15) is 11.0 Å². The third-order valence-corrected chi connectivity index (χ3v) is 2.86. The van der Waals surface area contributed by atoms with E-state index in [4.69, 9.17) is 4.74 Å². The Hall–Kier alpha value is -0.190. The van der Waals surface area contributed by atoms with Gasteiger partial charge >= 0.3 is 0 Å². The van der Waals surface area contributed by atoms with Crippen molar-refractivity contribution in [3.8, 4) is 0 Å². The summed E-state index contributed by atoms with van der Waals surface area (Å²) >= 11 is 0. The number of hydrogen-bond donors (Lipinski definition) is 0. The van der Waals surface area contributed by atoms with Gasteiger partial charge in [0.05, 0.1) is 13.2 Å². The molecule has 0 aliphatic carbocycles. The van der Waals surface area contributed by atoms with Crippen molar-refractivity contribution in [2.75, 3.05) is 26.3 Å². The summed E-state index contributed by atoms with van der Waals surface area (Å²) in [5.74, 6) is 0. The van der Waals surface area contributed by atoms with Gasteiger partial charge in [0.2, 0.25) is 0 Å². The molecule has 3 nitrogen and oxygen atoms in total. The van der Waals surface area contributed by atoms with Crippen molar-refractivity contribution in [2.45, 2.75) is 6.92 Å². The van der Waals surface area contributed by atoms with Crippen LogP contribution in [0.5, 0.6) is 0 Å². The molecular formula is C7H13NO2S. The molecule has 64 valence electrons. The van der Waals surface area contributed by atoms with Gasteiger partial charge in [-0.15, -0.1) is 0 Å². The lowest BCUT2D eigenvalue weighted by Gasteiger charge is -2.23. The van der Waals surface area contributed by atoms with E-state index in [0.717, 1.165) is 13.1 Å². The van der Waals surface area contributed by atoms with Crippen molar-refractivity contribution < 1.29 is 8.95 Å². The molecule has 0 aromatic heterocycles. The summed E-state index contributed by atoms with van der Waals surface area (Å²) in [6.07, 6.45) is 1.81. The van der Waals surface area contributed by atoms with E-state index in [-0.39, 0.29) is 0 Å². The molecule has 0 aromatic rings. The summed E-state index contributed by atoms with van der Waals surface area (Å²) in [6.45, 7) is 4.82. The van der Waals surface area contributed by atoms with Crippen LogP contribution in [-0.2, 0) is 15.7 Å². The van der Waals surface area contributed by atoms with Crippen molar-refractivity contribution in [1.82, 2.24) is 4.31 Å². The van der Waals surface area contributed by atoms with Crippen LogP contribution >= 0.6 is 0 Å². The van der Waals surface area contributed by atoms with E-state index in [1.54, 1.807) is 5.41 Å². The number of nitrogens with zero attached hydrogens (tertiary/aromatic N) is 1. The fourth-order valence-electron chi connectivity index (χ4n) is 0.929. The van der Waals surface area contributed by atoms with Crippen LogP contribution in [0.15, 0.2) is 11.5 Å². The van der Waals surface area contributed by atoms with Crippen molar-refractivity contribution >= 4 is 11.0 Å². The molecule has 0 amide bonds. The normalized spacial score (nSPS) is 24.1. The summed E-state index contributed by atoms with van der Waals surface area (Å²) in [5, 5.41) is 1.70. The first-order chi connectivity index (χ1) is 5.34. The van der Waals surface area contributed by atoms with Gasteiger partial charge < -0.3 is 4.74 Å². The van der Waals surface area contributed by atoms with Gasteiger partial charge in [-0.05, 0) is 6.92 Å². The first-order valence-corrected chi connectivity index (χ1v) is 4.88. The molecule has 1 saturated heterocycles. The van der Waals surface area contributed by atoms with E-state index < -0.39 is 11.0 Å². The van der Waals surface area contributed by atoms with E-state index in [2.05, 4.69) is 0 Å². The van der Waals surface area contributed by atoms with Gasteiger partial charge in [0, 0.05) is 18.5 Å². The second-order valence-corrected chi connectivity index (χ2v) is 3.63. The first-order valence-electron chi connectivity index (χ1n) is 3.71. The monoisotopic (exact) mass is 175 g/mol. The Bertz CT molecular complexity index is 164. The maximum Gasteiger partial charge on any atom is 0.119 e. The van der Waals surface area contributed by atoms with E-state index in [9.17, 15) is 4.21 Å². The predicted molar refractivity (Wildman–Crippen MR) is 45.3 cm³/mol. The predicted octanol–water partition coefficient (Wildman–Crippen LogP) is 0.516. The van der Waals surface area contributed by atoms with Crippen molar-refractivity contribution in [1.29, 1.82) is 0 Å².